The number of nitrogens with zero attached hydrogens (tertiary/aromatic N) is 4. The number of fused-ring (bicyclic) bond motifs is 1. The van der Waals surface area contributed by atoms with E-state index in [1.54, 1.807) is 30.6 Å². The van der Waals surface area contributed by atoms with Gasteiger partial charge in [-0.05, 0) is 36.6 Å². The molecule has 1 aromatic carbocycles. The number of ether oxygens (including phenoxy) is 1. The van der Waals surface area contributed by atoms with Crippen LogP contribution in [0.3, 0.4) is 0 Å². The van der Waals surface area contributed by atoms with Gasteiger partial charge in [-0.15, -0.1) is 5.10 Å². The number of rotatable bonds is 4. The third-order valence-corrected chi connectivity index (χ3v) is 4.47. The van der Waals surface area contributed by atoms with E-state index in [0.717, 1.165) is 35.4 Å². The molecule has 0 atom stereocenters. The monoisotopic (exact) mass is 336 g/mol. The number of benzene rings is 1. The van der Waals surface area contributed by atoms with E-state index in [-0.39, 0.29) is 5.91 Å². The summed E-state index contributed by atoms with van der Waals surface area (Å²) in [6, 6.07) is 11.5. The Bertz CT molecular complexity index is 940. The Morgan fingerprint density at radius 2 is 1.88 bits per heavy atom. The average molecular weight is 336 g/mol. The second-order valence-electron chi connectivity index (χ2n) is 6.55. The van der Waals surface area contributed by atoms with E-state index in [1.807, 2.05) is 36.4 Å². The first-order chi connectivity index (χ1) is 12.1. The topological polar surface area (TPSA) is 59.7 Å². The van der Waals surface area contributed by atoms with Crippen molar-refractivity contribution in [3.8, 4) is 17.0 Å². The molecule has 0 radical (unpaired) electrons. The van der Waals surface area contributed by atoms with Gasteiger partial charge >= 0.3 is 0 Å². The van der Waals surface area contributed by atoms with Crippen molar-refractivity contribution >= 4 is 11.6 Å². The number of hydrogen-bond acceptors (Lipinski definition) is 4. The summed E-state index contributed by atoms with van der Waals surface area (Å²) >= 11 is 0. The fourth-order valence-corrected chi connectivity index (χ4v) is 2.90. The number of carbonyl (C=O) groups is 1. The smallest absolute Gasteiger partial charge is 0.253 e. The number of amides is 1. The van der Waals surface area contributed by atoms with Crippen LogP contribution in [0, 0.1) is 0 Å². The first-order valence-corrected chi connectivity index (χ1v) is 8.34. The highest BCUT2D eigenvalue weighted by molar-refractivity contribution is 5.94. The number of carbonyl (C=O) groups excluding carboxylic acids is 1. The third-order valence-electron chi connectivity index (χ3n) is 4.47. The van der Waals surface area contributed by atoms with Crippen molar-refractivity contribution in [2.75, 3.05) is 21.2 Å². The van der Waals surface area contributed by atoms with E-state index < -0.39 is 0 Å². The van der Waals surface area contributed by atoms with Crippen LogP contribution in [0.5, 0.6) is 5.88 Å². The Balaban J connectivity index is 1.79. The van der Waals surface area contributed by atoms with Crippen molar-refractivity contribution in [2.45, 2.75) is 18.8 Å². The first-order valence-electron chi connectivity index (χ1n) is 8.34. The van der Waals surface area contributed by atoms with Crippen LogP contribution in [-0.4, -0.2) is 46.6 Å². The highest BCUT2D eigenvalue weighted by Crippen LogP contribution is 2.39. The van der Waals surface area contributed by atoms with Crippen molar-refractivity contribution in [1.82, 2.24) is 19.5 Å². The van der Waals surface area contributed by atoms with Crippen LogP contribution >= 0.6 is 0 Å². The molecule has 0 saturated heterocycles. The van der Waals surface area contributed by atoms with Crippen molar-refractivity contribution in [1.29, 1.82) is 0 Å². The molecule has 2 heterocycles. The Labute approximate surface area is 146 Å². The van der Waals surface area contributed by atoms with Crippen molar-refractivity contribution in [2.24, 2.45) is 0 Å². The fraction of sp³-hybridized carbons (Fsp3) is 0.316. The van der Waals surface area contributed by atoms with E-state index in [2.05, 4.69) is 5.10 Å². The fourth-order valence-electron chi connectivity index (χ4n) is 2.90. The summed E-state index contributed by atoms with van der Waals surface area (Å²) in [5.74, 6) is 2.00. The van der Waals surface area contributed by atoms with E-state index in [9.17, 15) is 4.79 Å². The standard InChI is InChI=1S/C19H20N4O2/c1-22(2)19(24)14-8-4-12(5-9-14)15-10-11-16(25-3)23-18(15)20-17(21-23)13-6-7-13/h4-5,8-11,13H,6-7H2,1-3H3. The average Bonchev–Trinajstić information content (AvgIpc) is 3.38. The van der Waals surface area contributed by atoms with Gasteiger partial charge in [-0.25, -0.2) is 4.98 Å². The molecule has 2 aromatic heterocycles. The largest absolute Gasteiger partial charge is 0.481 e. The van der Waals surface area contributed by atoms with Crippen LogP contribution < -0.4 is 4.74 Å². The number of hydrogen-bond donors (Lipinski definition) is 0. The van der Waals surface area contributed by atoms with Crippen LogP contribution in [-0.2, 0) is 0 Å². The zero-order chi connectivity index (χ0) is 17.6. The van der Waals surface area contributed by atoms with Crippen molar-refractivity contribution in [3.63, 3.8) is 0 Å². The number of methoxy groups -OCH3 is 1. The van der Waals surface area contributed by atoms with E-state index >= 15 is 0 Å². The molecule has 6 nitrogen and oxygen atoms in total. The molecule has 1 amide bonds. The molecule has 0 spiro atoms. The molecule has 128 valence electrons. The molecule has 1 fully saturated rings. The lowest BCUT2D eigenvalue weighted by Crippen LogP contribution is -2.21. The van der Waals surface area contributed by atoms with Gasteiger partial charge < -0.3 is 9.64 Å². The molecule has 4 rings (SSSR count). The molecule has 3 aromatic rings. The minimum Gasteiger partial charge on any atom is -0.481 e. The SMILES string of the molecule is COc1ccc(-c2ccc(C(=O)N(C)C)cc2)c2nc(C3CC3)nn12. The normalized spacial score (nSPS) is 13.9. The molecule has 6 heteroatoms. The first kappa shape index (κ1) is 15.6. The van der Waals surface area contributed by atoms with Crippen LogP contribution in [0.1, 0.15) is 34.9 Å². The number of aromatic nitrogens is 3. The Morgan fingerprint density at radius 3 is 2.48 bits per heavy atom. The lowest BCUT2D eigenvalue weighted by atomic mass is 10.0. The molecule has 1 aliphatic rings. The summed E-state index contributed by atoms with van der Waals surface area (Å²) in [5.41, 5.74) is 3.42. The van der Waals surface area contributed by atoms with Gasteiger partial charge in [-0.3, -0.25) is 4.79 Å². The molecule has 0 bridgehead atoms. The maximum atomic E-state index is 12.1. The highest BCUT2D eigenvalue weighted by atomic mass is 16.5. The molecule has 0 aliphatic heterocycles. The molecule has 25 heavy (non-hydrogen) atoms. The maximum absolute atomic E-state index is 12.1. The van der Waals surface area contributed by atoms with Gasteiger partial charge in [0.15, 0.2) is 11.5 Å². The molecule has 0 N–H and O–H groups in total. The molecular weight excluding hydrogens is 316 g/mol. The van der Waals surface area contributed by atoms with E-state index in [4.69, 9.17) is 9.72 Å². The van der Waals surface area contributed by atoms with Crippen LogP contribution in [0.25, 0.3) is 16.8 Å². The third kappa shape index (κ3) is 2.73. The van der Waals surface area contributed by atoms with Gasteiger partial charge in [0, 0.05) is 37.2 Å². The Kier molecular flexibility index (Phi) is 3.67. The molecule has 1 saturated carbocycles. The summed E-state index contributed by atoms with van der Waals surface area (Å²) in [5, 5.41) is 4.62. The quantitative estimate of drug-likeness (QED) is 0.735. The summed E-state index contributed by atoms with van der Waals surface area (Å²) in [6.07, 6.45) is 2.30. The summed E-state index contributed by atoms with van der Waals surface area (Å²) in [4.78, 5) is 18.4. The zero-order valence-corrected chi connectivity index (χ0v) is 14.6. The second-order valence-corrected chi connectivity index (χ2v) is 6.55. The Morgan fingerprint density at radius 1 is 1.16 bits per heavy atom. The minimum atomic E-state index is -0.00933. The summed E-state index contributed by atoms with van der Waals surface area (Å²) < 4.78 is 7.18. The van der Waals surface area contributed by atoms with E-state index in [1.165, 1.54) is 0 Å². The minimum absolute atomic E-state index is 0.00933. The van der Waals surface area contributed by atoms with Gasteiger partial charge in [-0.1, -0.05) is 12.1 Å². The van der Waals surface area contributed by atoms with Gasteiger partial charge in [0.1, 0.15) is 0 Å². The van der Waals surface area contributed by atoms with Gasteiger partial charge in [0.25, 0.3) is 5.91 Å². The zero-order valence-electron chi connectivity index (χ0n) is 14.6. The summed E-state index contributed by atoms with van der Waals surface area (Å²) in [7, 11) is 5.13. The Hall–Kier alpha value is -2.89. The van der Waals surface area contributed by atoms with Crippen LogP contribution in [0.4, 0.5) is 0 Å². The van der Waals surface area contributed by atoms with E-state index in [0.29, 0.717) is 17.4 Å². The second kappa shape index (κ2) is 5.88. The lowest BCUT2D eigenvalue weighted by molar-refractivity contribution is 0.0827. The van der Waals surface area contributed by atoms with Crippen LogP contribution in [0.15, 0.2) is 36.4 Å². The van der Waals surface area contributed by atoms with Gasteiger partial charge in [0.2, 0.25) is 5.88 Å². The molecule has 1 aliphatic carbocycles. The van der Waals surface area contributed by atoms with Gasteiger partial charge in [-0.2, -0.15) is 4.52 Å². The maximum Gasteiger partial charge on any atom is 0.253 e. The summed E-state index contributed by atoms with van der Waals surface area (Å²) in [6.45, 7) is 0. The van der Waals surface area contributed by atoms with Crippen molar-refractivity contribution < 1.29 is 9.53 Å². The van der Waals surface area contributed by atoms with Crippen molar-refractivity contribution in [3.05, 3.63) is 47.8 Å². The number of pyridine rings is 1. The highest BCUT2D eigenvalue weighted by Gasteiger charge is 2.29. The lowest BCUT2D eigenvalue weighted by Gasteiger charge is -2.11. The predicted molar refractivity (Wildman–Crippen MR) is 95.0 cm³/mol. The molecular formula is C19H20N4O2. The van der Waals surface area contributed by atoms with Crippen LogP contribution in [0.2, 0.25) is 0 Å². The predicted octanol–water partition coefficient (Wildman–Crippen LogP) is 2.98. The van der Waals surface area contributed by atoms with Gasteiger partial charge in [0.05, 0.1) is 7.11 Å². The molecule has 0 unspecified atom stereocenters.